The molecular formula is C37H54BN3O4Si. The summed E-state index contributed by atoms with van der Waals surface area (Å²) in [5.74, 6) is 0.596. The highest BCUT2D eigenvalue weighted by Crippen LogP contribution is 2.35. The molecule has 0 bridgehead atoms. The molecule has 1 aromatic heterocycles. The molecule has 3 aromatic carbocycles. The van der Waals surface area contributed by atoms with Crippen LogP contribution in [0.2, 0.25) is 25.7 Å². The number of ether oxygens (including phenoxy) is 1. The van der Waals surface area contributed by atoms with E-state index in [1.54, 1.807) is 12.1 Å². The summed E-state index contributed by atoms with van der Waals surface area (Å²) >= 11 is 0. The van der Waals surface area contributed by atoms with E-state index in [1.807, 2.05) is 23.7 Å². The first-order valence-electron chi connectivity index (χ1n) is 16.4. The number of hydrogen-bond donors (Lipinski definition) is 3. The number of hydrogen-bond acceptors (Lipinski definition) is 5. The lowest BCUT2D eigenvalue weighted by molar-refractivity contribution is -0.116. The lowest BCUT2D eigenvalue weighted by Crippen LogP contribution is -2.29. The van der Waals surface area contributed by atoms with Crippen LogP contribution in [0.1, 0.15) is 72.4 Å². The van der Waals surface area contributed by atoms with Gasteiger partial charge in [0.2, 0.25) is 5.91 Å². The van der Waals surface area contributed by atoms with E-state index in [0.717, 1.165) is 35.5 Å². The van der Waals surface area contributed by atoms with E-state index in [-0.39, 0.29) is 16.7 Å². The van der Waals surface area contributed by atoms with Crippen LogP contribution in [-0.4, -0.2) is 47.5 Å². The molecule has 46 heavy (non-hydrogen) atoms. The van der Waals surface area contributed by atoms with Gasteiger partial charge in [-0.1, -0.05) is 123 Å². The van der Waals surface area contributed by atoms with E-state index in [4.69, 9.17) is 19.9 Å². The van der Waals surface area contributed by atoms with Crippen LogP contribution in [0.4, 0.5) is 5.82 Å². The van der Waals surface area contributed by atoms with Gasteiger partial charge in [0.1, 0.15) is 6.73 Å². The SMILES string of the molecule is CC(C)(C)c1ccc(B(O)O)cc1.CCCC(=O)Nc1nn(COCC[Si](C)(C)C)c2cc(-c3ccccc3C(C)(C)C)ccc12. The van der Waals surface area contributed by atoms with Crippen LogP contribution in [0, 0.1) is 0 Å². The molecule has 0 aliphatic rings. The Kier molecular flexibility index (Phi) is 12.6. The van der Waals surface area contributed by atoms with E-state index in [1.165, 1.54) is 16.7 Å². The lowest BCUT2D eigenvalue weighted by Gasteiger charge is -2.23. The molecule has 4 aromatic rings. The Morgan fingerprint density at radius 1 is 0.935 bits per heavy atom. The highest BCUT2D eigenvalue weighted by atomic mass is 28.3. The summed E-state index contributed by atoms with van der Waals surface area (Å²) in [6.45, 7) is 23.2. The highest BCUT2D eigenvalue weighted by Gasteiger charge is 2.20. The minimum Gasteiger partial charge on any atom is -0.423 e. The number of fused-ring (bicyclic) bond motifs is 1. The molecular weight excluding hydrogens is 589 g/mol. The van der Waals surface area contributed by atoms with Gasteiger partial charge in [-0.25, -0.2) is 4.68 Å². The average Bonchev–Trinajstić information content (AvgIpc) is 3.30. The van der Waals surface area contributed by atoms with Gasteiger partial charge in [-0.3, -0.25) is 4.79 Å². The molecule has 9 heteroatoms. The third kappa shape index (κ3) is 10.7. The Hall–Kier alpha value is -3.24. The highest BCUT2D eigenvalue weighted by molar-refractivity contribution is 6.76. The van der Waals surface area contributed by atoms with Crippen molar-refractivity contribution in [1.29, 1.82) is 0 Å². The Labute approximate surface area is 277 Å². The smallest absolute Gasteiger partial charge is 0.423 e. The Bertz CT molecular complexity index is 1580. The number of rotatable bonds is 10. The largest absolute Gasteiger partial charge is 0.488 e. The van der Waals surface area contributed by atoms with Crippen molar-refractivity contribution < 1.29 is 19.6 Å². The minimum atomic E-state index is -1.37. The fourth-order valence-corrected chi connectivity index (χ4v) is 5.78. The summed E-state index contributed by atoms with van der Waals surface area (Å²) in [7, 11) is -2.53. The Morgan fingerprint density at radius 3 is 2.15 bits per heavy atom. The number of nitrogens with one attached hydrogen (secondary N) is 1. The zero-order valence-electron chi connectivity index (χ0n) is 29.6. The zero-order valence-corrected chi connectivity index (χ0v) is 30.6. The number of benzene rings is 3. The molecule has 1 amide bonds. The van der Waals surface area contributed by atoms with Crippen LogP contribution in [0.15, 0.2) is 66.7 Å². The molecule has 0 aliphatic carbocycles. The standard InChI is InChI=1S/C27H39N3O2Si.C10H15BO2/c1-8-11-25(31)28-26-22-15-14-20(21-12-9-10-13-23(21)27(2,3)4)18-24(22)30(29-26)19-32-16-17-33(5,6)7;1-10(2,3)8-4-6-9(7-5-8)11(12)13/h9-10,12-15,18H,8,11,16-17,19H2,1-7H3,(H,28,29,31);4-7,12-13H,1-3H3. The van der Waals surface area contributed by atoms with Crippen LogP contribution < -0.4 is 10.8 Å². The van der Waals surface area contributed by atoms with Crippen molar-refractivity contribution in [2.24, 2.45) is 0 Å². The van der Waals surface area contributed by atoms with Crippen LogP contribution in [0.25, 0.3) is 22.0 Å². The molecule has 0 spiro atoms. The Morgan fingerprint density at radius 2 is 1.59 bits per heavy atom. The second-order valence-electron chi connectivity index (χ2n) is 15.3. The van der Waals surface area contributed by atoms with Gasteiger partial charge in [0.25, 0.3) is 0 Å². The quantitative estimate of drug-likeness (QED) is 0.122. The lowest BCUT2D eigenvalue weighted by atomic mass is 9.78. The maximum atomic E-state index is 12.3. The fourth-order valence-electron chi connectivity index (χ4n) is 5.03. The van der Waals surface area contributed by atoms with E-state index in [2.05, 4.69) is 109 Å². The Balaban J connectivity index is 0.000000370. The van der Waals surface area contributed by atoms with Gasteiger partial charge >= 0.3 is 7.12 Å². The maximum absolute atomic E-state index is 12.3. The van der Waals surface area contributed by atoms with E-state index in [0.29, 0.717) is 24.4 Å². The number of aromatic nitrogens is 2. The molecule has 0 fully saturated rings. The van der Waals surface area contributed by atoms with Gasteiger partial charge in [-0.05, 0) is 63.1 Å². The minimum absolute atomic E-state index is 0.00847. The molecule has 0 saturated carbocycles. The second-order valence-corrected chi connectivity index (χ2v) is 20.9. The van der Waals surface area contributed by atoms with Gasteiger partial charge in [-0.15, -0.1) is 0 Å². The molecule has 0 atom stereocenters. The first-order valence-corrected chi connectivity index (χ1v) is 20.1. The predicted molar refractivity (Wildman–Crippen MR) is 196 cm³/mol. The second kappa shape index (κ2) is 15.6. The van der Waals surface area contributed by atoms with E-state index in [9.17, 15) is 4.79 Å². The van der Waals surface area contributed by atoms with Crippen LogP contribution >= 0.6 is 0 Å². The summed E-state index contributed by atoms with van der Waals surface area (Å²) in [4.78, 5) is 12.3. The van der Waals surface area contributed by atoms with Gasteiger partial charge < -0.3 is 20.1 Å². The third-order valence-corrected chi connectivity index (χ3v) is 9.52. The summed E-state index contributed by atoms with van der Waals surface area (Å²) in [5.41, 5.74) is 6.50. The van der Waals surface area contributed by atoms with Crippen LogP contribution in [0.3, 0.4) is 0 Å². The third-order valence-electron chi connectivity index (χ3n) is 7.82. The van der Waals surface area contributed by atoms with Crippen molar-refractivity contribution >= 4 is 43.3 Å². The van der Waals surface area contributed by atoms with Crippen LogP contribution in [0.5, 0.6) is 0 Å². The molecule has 4 rings (SSSR count). The monoisotopic (exact) mass is 643 g/mol. The van der Waals surface area contributed by atoms with Crippen molar-refractivity contribution in [3.05, 3.63) is 77.9 Å². The van der Waals surface area contributed by atoms with Gasteiger partial charge in [-0.2, -0.15) is 5.10 Å². The number of carbonyl (C=O) groups excluding carboxylic acids is 1. The van der Waals surface area contributed by atoms with Crippen molar-refractivity contribution in [1.82, 2.24) is 9.78 Å². The summed E-state index contributed by atoms with van der Waals surface area (Å²) < 4.78 is 7.89. The van der Waals surface area contributed by atoms with Crippen molar-refractivity contribution in [2.45, 2.75) is 105 Å². The molecule has 7 nitrogen and oxygen atoms in total. The first-order chi connectivity index (χ1) is 21.4. The number of carbonyl (C=O) groups is 1. The van der Waals surface area contributed by atoms with Crippen molar-refractivity contribution in [3.63, 3.8) is 0 Å². The molecule has 1 heterocycles. The topological polar surface area (TPSA) is 96.6 Å². The number of anilines is 1. The summed E-state index contributed by atoms with van der Waals surface area (Å²) in [6, 6.07) is 23.4. The number of amides is 1. The summed E-state index contributed by atoms with van der Waals surface area (Å²) in [5, 5.41) is 26.4. The van der Waals surface area contributed by atoms with Gasteiger partial charge in [0, 0.05) is 26.5 Å². The van der Waals surface area contributed by atoms with E-state index < -0.39 is 15.2 Å². The molecule has 0 saturated heterocycles. The molecule has 0 radical (unpaired) electrons. The first kappa shape index (κ1) is 37.2. The predicted octanol–water partition coefficient (Wildman–Crippen LogP) is 7.72. The molecule has 0 aliphatic heterocycles. The fraction of sp³-hybridized carbons (Fsp3) is 0.459. The van der Waals surface area contributed by atoms with Crippen molar-refractivity contribution in [3.8, 4) is 11.1 Å². The number of nitrogens with zero attached hydrogens (tertiary/aromatic N) is 2. The van der Waals surface area contributed by atoms with Gasteiger partial charge in [0.05, 0.1) is 5.52 Å². The zero-order chi connectivity index (χ0) is 34.3. The van der Waals surface area contributed by atoms with Crippen LogP contribution in [-0.2, 0) is 27.1 Å². The van der Waals surface area contributed by atoms with Gasteiger partial charge in [0.15, 0.2) is 5.82 Å². The van der Waals surface area contributed by atoms with Crippen molar-refractivity contribution in [2.75, 3.05) is 11.9 Å². The molecule has 3 N–H and O–H groups in total. The molecule has 248 valence electrons. The van der Waals surface area contributed by atoms with E-state index >= 15 is 0 Å². The summed E-state index contributed by atoms with van der Waals surface area (Å²) in [6.07, 6.45) is 1.29. The molecule has 0 unspecified atom stereocenters. The normalized spacial score (nSPS) is 12.1. The maximum Gasteiger partial charge on any atom is 0.488 e. The average molecular weight is 644 g/mol.